The average Bonchev–Trinajstić information content (AvgIpc) is 2.87. The largest absolute Gasteiger partial charge is 0.481 e. The molecule has 1 aromatic heterocycles. The van der Waals surface area contributed by atoms with Gasteiger partial charge in [-0.25, -0.2) is 0 Å². The van der Waals surface area contributed by atoms with E-state index in [0.717, 1.165) is 16.8 Å². The van der Waals surface area contributed by atoms with Crippen molar-refractivity contribution >= 4 is 17.8 Å². The second-order valence-corrected chi connectivity index (χ2v) is 9.37. The van der Waals surface area contributed by atoms with Crippen molar-refractivity contribution in [3.8, 4) is 11.1 Å². The number of carboxylic acids is 1. The first-order chi connectivity index (χ1) is 17.2. The van der Waals surface area contributed by atoms with Gasteiger partial charge in [-0.05, 0) is 41.2 Å². The number of carbonyl (C=O) groups is 3. The fourth-order valence-corrected chi connectivity index (χ4v) is 4.14. The van der Waals surface area contributed by atoms with E-state index in [4.69, 9.17) is 0 Å². The van der Waals surface area contributed by atoms with Gasteiger partial charge >= 0.3 is 5.97 Å². The molecule has 2 atom stereocenters. The molecule has 2 aromatic carbocycles. The zero-order chi connectivity index (χ0) is 26.1. The number of carbonyl (C=O) groups excluding carboxylic acids is 2. The smallest absolute Gasteiger partial charge is 0.304 e. The molecule has 0 saturated heterocycles. The third-order valence-corrected chi connectivity index (χ3v) is 5.93. The number of hydrogen-bond acceptors (Lipinski definition) is 4. The fourth-order valence-electron chi connectivity index (χ4n) is 4.14. The minimum Gasteiger partial charge on any atom is -0.481 e. The Hall–Kier alpha value is -4.00. The van der Waals surface area contributed by atoms with Crippen LogP contribution in [0.2, 0.25) is 0 Å². The van der Waals surface area contributed by atoms with Crippen molar-refractivity contribution in [1.82, 2.24) is 15.2 Å². The summed E-state index contributed by atoms with van der Waals surface area (Å²) in [7, 11) is 1.66. The summed E-state index contributed by atoms with van der Waals surface area (Å²) in [5.74, 6) is -2.39. The van der Waals surface area contributed by atoms with E-state index in [0.29, 0.717) is 12.0 Å². The van der Waals surface area contributed by atoms with Crippen molar-refractivity contribution in [3.05, 3.63) is 90.3 Å². The summed E-state index contributed by atoms with van der Waals surface area (Å²) < 4.78 is 0. The maximum atomic E-state index is 13.6. The predicted octanol–water partition coefficient (Wildman–Crippen LogP) is 4.70. The zero-order valence-corrected chi connectivity index (χ0v) is 20.9. The summed E-state index contributed by atoms with van der Waals surface area (Å²) in [6.45, 7) is 4.15. The normalized spacial score (nSPS) is 12.6. The minimum absolute atomic E-state index is 0.131. The number of hydrogen-bond donors (Lipinski definition) is 2. The number of nitrogens with zero attached hydrogens (tertiary/aromatic N) is 2. The molecule has 0 spiro atoms. The van der Waals surface area contributed by atoms with E-state index >= 15 is 0 Å². The Morgan fingerprint density at radius 1 is 0.917 bits per heavy atom. The van der Waals surface area contributed by atoms with E-state index in [1.165, 1.54) is 4.90 Å². The van der Waals surface area contributed by atoms with Crippen molar-refractivity contribution < 1.29 is 19.5 Å². The fraction of sp³-hybridized carbons (Fsp3) is 0.310. The van der Waals surface area contributed by atoms with E-state index in [2.05, 4.69) is 10.3 Å². The van der Waals surface area contributed by atoms with Crippen LogP contribution in [-0.4, -0.2) is 39.8 Å². The number of nitrogens with one attached hydrogen (secondary N) is 1. The summed E-state index contributed by atoms with van der Waals surface area (Å²) in [5, 5.41) is 12.2. The van der Waals surface area contributed by atoms with Crippen LogP contribution in [0.1, 0.15) is 44.0 Å². The molecule has 3 aromatic rings. The highest BCUT2D eigenvalue weighted by molar-refractivity contribution is 5.90. The Morgan fingerprint density at radius 2 is 1.56 bits per heavy atom. The lowest BCUT2D eigenvalue weighted by Gasteiger charge is -2.27. The number of benzene rings is 2. The molecular weight excluding hydrogens is 454 g/mol. The molecule has 3 rings (SSSR count). The van der Waals surface area contributed by atoms with Crippen molar-refractivity contribution in [1.29, 1.82) is 0 Å². The number of aromatic nitrogens is 1. The average molecular weight is 488 g/mol. The Morgan fingerprint density at radius 3 is 2.14 bits per heavy atom. The third-order valence-electron chi connectivity index (χ3n) is 5.93. The lowest BCUT2D eigenvalue weighted by molar-refractivity contribution is -0.142. The highest BCUT2D eigenvalue weighted by Gasteiger charge is 2.30. The second kappa shape index (κ2) is 12.6. The maximum absolute atomic E-state index is 13.6. The number of aliphatic carboxylic acids is 1. The first-order valence-corrected chi connectivity index (χ1v) is 12.1. The van der Waals surface area contributed by atoms with Crippen LogP contribution in [0.3, 0.4) is 0 Å². The molecule has 2 N–H and O–H groups in total. The lowest BCUT2D eigenvalue weighted by atomic mass is 9.92. The van der Waals surface area contributed by atoms with E-state index in [1.807, 2.05) is 80.6 Å². The van der Waals surface area contributed by atoms with Crippen molar-refractivity contribution in [2.45, 2.75) is 39.3 Å². The van der Waals surface area contributed by atoms with Crippen LogP contribution >= 0.6 is 0 Å². The van der Waals surface area contributed by atoms with Crippen LogP contribution in [-0.2, 0) is 20.9 Å². The molecule has 0 aliphatic heterocycles. The Kier molecular flexibility index (Phi) is 9.33. The van der Waals surface area contributed by atoms with Gasteiger partial charge in [0, 0.05) is 19.2 Å². The number of amides is 2. The van der Waals surface area contributed by atoms with E-state index < -0.39 is 23.8 Å². The molecule has 7 nitrogen and oxygen atoms in total. The van der Waals surface area contributed by atoms with E-state index in [9.17, 15) is 19.5 Å². The van der Waals surface area contributed by atoms with Gasteiger partial charge < -0.3 is 15.3 Å². The molecule has 0 saturated carbocycles. The van der Waals surface area contributed by atoms with Gasteiger partial charge in [0.1, 0.15) is 6.04 Å². The van der Waals surface area contributed by atoms with Crippen molar-refractivity contribution in [3.63, 3.8) is 0 Å². The molecule has 7 heteroatoms. The molecule has 0 aliphatic carbocycles. The van der Waals surface area contributed by atoms with Crippen molar-refractivity contribution in [2.75, 3.05) is 7.05 Å². The molecule has 0 bridgehead atoms. The standard InChI is InChI=1S/C29H33N3O4/c1-20(2)17-24(18-26(33)34)28(35)31-27(29(36)32(3)19-25-11-7-8-16-30-25)23-14-12-22(13-15-23)21-9-5-4-6-10-21/h4-16,20,24,27H,17-19H2,1-3H3,(H,31,35)(H,33,34)/t24-,27?/m1/s1. The van der Waals surface area contributed by atoms with Gasteiger partial charge in [-0.1, -0.05) is 74.5 Å². The Labute approximate surface area is 212 Å². The van der Waals surface area contributed by atoms with Gasteiger partial charge in [0.15, 0.2) is 0 Å². The lowest BCUT2D eigenvalue weighted by Crippen LogP contribution is -2.43. The van der Waals surface area contributed by atoms with E-state index in [1.54, 1.807) is 19.3 Å². The van der Waals surface area contributed by atoms with Gasteiger partial charge in [0.25, 0.3) is 0 Å². The molecule has 188 valence electrons. The zero-order valence-electron chi connectivity index (χ0n) is 20.9. The number of rotatable bonds is 11. The number of likely N-dealkylation sites (N-methyl/N-ethyl adjacent to an activating group) is 1. The molecule has 0 fully saturated rings. The highest BCUT2D eigenvalue weighted by atomic mass is 16.4. The van der Waals surface area contributed by atoms with Crippen LogP contribution in [0.15, 0.2) is 79.0 Å². The maximum Gasteiger partial charge on any atom is 0.304 e. The molecule has 0 aliphatic rings. The molecule has 2 amide bonds. The summed E-state index contributed by atoms with van der Waals surface area (Å²) >= 11 is 0. The first kappa shape index (κ1) is 26.6. The van der Waals surface area contributed by atoms with Gasteiger partial charge in [-0.3, -0.25) is 19.4 Å². The monoisotopic (exact) mass is 487 g/mol. The summed E-state index contributed by atoms with van der Waals surface area (Å²) in [6.07, 6.45) is 1.79. The third kappa shape index (κ3) is 7.50. The van der Waals surface area contributed by atoms with Gasteiger partial charge in [-0.15, -0.1) is 0 Å². The number of pyridine rings is 1. The molecular formula is C29H33N3O4. The molecule has 36 heavy (non-hydrogen) atoms. The predicted molar refractivity (Wildman–Crippen MR) is 139 cm³/mol. The highest BCUT2D eigenvalue weighted by Crippen LogP contribution is 2.25. The van der Waals surface area contributed by atoms with Gasteiger partial charge in [-0.2, -0.15) is 0 Å². The van der Waals surface area contributed by atoms with Crippen LogP contribution in [0, 0.1) is 11.8 Å². The van der Waals surface area contributed by atoms with Crippen LogP contribution in [0.5, 0.6) is 0 Å². The first-order valence-electron chi connectivity index (χ1n) is 12.1. The quantitative estimate of drug-likeness (QED) is 0.408. The van der Waals surface area contributed by atoms with E-state index in [-0.39, 0.29) is 24.8 Å². The topological polar surface area (TPSA) is 99.6 Å². The molecule has 1 heterocycles. The van der Waals surface area contributed by atoms with Crippen LogP contribution in [0.4, 0.5) is 0 Å². The van der Waals surface area contributed by atoms with Gasteiger partial charge in [0.2, 0.25) is 11.8 Å². The van der Waals surface area contributed by atoms with Crippen LogP contribution in [0.25, 0.3) is 11.1 Å². The summed E-state index contributed by atoms with van der Waals surface area (Å²) in [5.41, 5.74) is 3.38. The summed E-state index contributed by atoms with van der Waals surface area (Å²) in [6, 6.07) is 21.9. The van der Waals surface area contributed by atoms with Crippen LogP contribution < -0.4 is 5.32 Å². The Bertz CT molecular complexity index is 1150. The Balaban J connectivity index is 1.88. The minimum atomic E-state index is -1.04. The van der Waals surface area contributed by atoms with Crippen molar-refractivity contribution in [2.24, 2.45) is 11.8 Å². The van der Waals surface area contributed by atoms with Gasteiger partial charge in [0.05, 0.1) is 18.7 Å². The SMILES string of the molecule is CC(C)C[C@H](CC(=O)O)C(=O)NC(C(=O)N(C)Cc1ccccn1)c1ccc(-c2ccccc2)cc1. The molecule has 0 radical (unpaired) electrons. The second-order valence-electron chi connectivity index (χ2n) is 9.37. The molecule has 1 unspecified atom stereocenters. The number of carboxylic acid groups (broad SMARTS) is 1. The summed E-state index contributed by atoms with van der Waals surface area (Å²) in [4.78, 5) is 44.0.